The Morgan fingerprint density at radius 2 is 1.91 bits per heavy atom. The molecule has 0 fully saturated rings. The number of aromatic hydroxyl groups is 1. The first-order valence-electron chi connectivity index (χ1n) is 10.7. The number of carbonyl (C=O) groups is 1. The molecule has 3 N–H and O–H groups in total. The van der Waals surface area contributed by atoms with Gasteiger partial charge in [-0.1, -0.05) is 42.5 Å². The Balaban J connectivity index is 1.47. The molecule has 0 aliphatic carbocycles. The number of nitrogens with zero attached hydrogens (tertiary/aromatic N) is 2. The third-order valence-electron chi connectivity index (χ3n) is 5.92. The van der Waals surface area contributed by atoms with E-state index in [-0.39, 0.29) is 17.7 Å². The molecule has 1 aliphatic rings. The molecule has 0 bridgehead atoms. The van der Waals surface area contributed by atoms with E-state index < -0.39 is 0 Å². The zero-order valence-corrected chi connectivity index (χ0v) is 18.4. The molecule has 1 aromatic heterocycles. The summed E-state index contributed by atoms with van der Waals surface area (Å²) in [7, 11) is 1.53. The van der Waals surface area contributed by atoms with Crippen molar-refractivity contribution in [3.63, 3.8) is 0 Å². The number of aromatic amines is 1. The fraction of sp³-hybridized carbons (Fsp3) is 0.154. The molecule has 166 valence electrons. The van der Waals surface area contributed by atoms with Crippen LogP contribution in [0.4, 0.5) is 0 Å². The van der Waals surface area contributed by atoms with Gasteiger partial charge in [-0.25, -0.2) is 4.98 Å². The third-order valence-corrected chi connectivity index (χ3v) is 5.92. The maximum absolute atomic E-state index is 13.5. The van der Waals surface area contributed by atoms with Crippen molar-refractivity contribution in [3.8, 4) is 16.9 Å². The molecule has 3 aromatic carbocycles. The quantitative estimate of drug-likeness (QED) is 0.387. The number of aromatic nitrogens is 2. The lowest BCUT2D eigenvalue weighted by Gasteiger charge is -2.22. The van der Waals surface area contributed by atoms with Gasteiger partial charge in [-0.05, 0) is 47.9 Å². The monoisotopic (exact) mass is 440 g/mol. The van der Waals surface area contributed by atoms with Crippen molar-refractivity contribution in [1.29, 1.82) is 0 Å². The van der Waals surface area contributed by atoms with Gasteiger partial charge in [-0.2, -0.15) is 0 Å². The first-order valence-corrected chi connectivity index (χ1v) is 10.7. The van der Waals surface area contributed by atoms with Gasteiger partial charge < -0.3 is 15.0 Å². The molecule has 0 spiro atoms. The van der Waals surface area contributed by atoms with Gasteiger partial charge >= 0.3 is 0 Å². The fourth-order valence-corrected chi connectivity index (χ4v) is 4.28. The number of rotatable bonds is 5. The molecule has 7 nitrogen and oxygen atoms in total. The summed E-state index contributed by atoms with van der Waals surface area (Å²) in [6.07, 6.45) is 2.25. The minimum atomic E-state index is -0.363. The first-order chi connectivity index (χ1) is 16.0. The molecular formula is C26H24N4O3. The Kier molecular flexibility index (Phi) is 5.32. The Hall–Kier alpha value is -4.10. The van der Waals surface area contributed by atoms with Crippen LogP contribution in [0.1, 0.15) is 34.2 Å². The van der Waals surface area contributed by atoms with Crippen molar-refractivity contribution in [2.75, 3.05) is 7.11 Å². The van der Waals surface area contributed by atoms with E-state index in [4.69, 9.17) is 4.84 Å². The predicted octanol–water partition coefficient (Wildman–Crippen LogP) is 4.82. The molecule has 0 saturated heterocycles. The minimum absolute atomic E-state index is 0.0980. The Morgan fingerprint density at radius 1 is 1.12 bits per heavy atom. The number of hydrogen-bond acceptors (Lipinski definition) is 5. The van der Waals surface area contributed by atoms with Gasteiger partial charge in [0.25, 0.3) is 5.91 Å². The van der Waals surface area contributed by atoms with E-state index >= 15 is 0 Å². The lowest BCUT2D eigenvalue weighted by atomic mass is 9.99. The summed E-state index contributed by atoms with van der Waals surface area (Å²) >= 11 is 0. The number of phenols is 1. The number of hydroxylamine groups is 1. The minimum Gasteiger partial charge on any atom is -0.506 e. The van der Waals surface area contributed by atoms with E-state index in [9.17, 15) is 9.90 Å². The van der Waals surface area contributed by atoms with Crippen molar-refractivity contribution in [2.24, 2.45) is 0 Å². The van der Waals surface area contributed by atoms with Crippen molar-refractivity contribution in [3.05, 3.63) is 95.6 Å². The molecule has 0 saturated carbocycles. The lowest BCUT2D eigenvalue weighted by Crippen LogP contribution is -2.28. The summed E-state index contributed by atoms with van der Waals surface area (Å²) in [6, 6.07) is 20.6. The SMILES string of the molecule is CONC1=CN(C(=O)c2ccc(-c3ccccc3C)cc2)C(c2nc3c(O)cccc3[nH]2)C1. The summed E-state index contributed by atoms with van der Waals surface area (Å²) in [6.45, 7) is 2.07. The second kappa shape index (κ2) is 8.44. The number of hydrogen-bond donors (Lipinski definition) is 3. The topological polar surface area (TPSA) is 90.5 Å². The number of aryl methyl sites for hydroxylation is 1. The molecule has 0 radical (unpaired) electrons. The van der Waals surface area contributed by atoms with Gasteiger partial charge in [0.2, 0.25) is 0 Å². The average Bonchev–Trinajstić information content (AvgIpc) is 3.44. The highest BCUT2D eigenvalue weighted by Gasteiger charge is 2.34. The Bertz CT molecular complexity index is 1360. The van der Waals surface area contributed by atoms with Gasteiger partial charge in [0.1, 0.15) is 23.1 Å². The highest BCUT2D eigenvalue weighted by atomic mass is 16.6. The zero-order chi connectivity index (χ0) is 22.9. The van der Waals surface area contributed by atoms with Gasteiger partial charge in [0.15, 0.2) is 0 Å². The maximum Gasteiger partial charge on any atom is 0.258 e. The number of H-pyrrole nitrogens is 1. The normalized spacial score (nSPS) is 15.6. The van der Waals surface area contributed by atoms with Crippen LogP contribution in [0.5, 0.6) is 5.75 Å². The number of benzene rings is 3. The average molecular weight is 441 g/mol. The van der Waals surface area contributed by atoms with E-state index in [1.807, 2.05) is 42.5 Å². The molecular weight excluding hydrogens is 416 g/mol. The summed E-state index contributed by atoms with van der Waals surface area (Å²) in [5, 5.41) is 10.1. The smallest absolute Gasteiger partial charge is 0.258 e. The number of amides is 1. The molecule has 1 amide bonds. The molecule has 1 atom stereocenters. The number of carbonyl (C=O) groups excluding carboxylic acids is 1. The summed E-state index contributed by atoms with van der Waals surface area (Å²) in [4.78, 5) is 28.0. The molecule has 7 heteroatoms. The van der Waals surface area contributed by atoms with Gasteiger partial charge in [-0.15, -0.1) is 0 Å². The Labute approximate surface area is 191 Å². The van der Waals surface area contributed by atoms with E-state index in [0.29, 0.717) is 28.8 Å². The lowest BCUT2D eigenvalue weighted by molar-refractivity contribution is 0.0779. The van der Waals surface area contributed by atoms with E-state index in [0.717, 1.165) is 16.8 Å². The first kappa shape index (κ1) is 20.8. The van der Waals surface area contributed by atoms with Crippen LogP contribution in [0.15, 0.2) is 78.6 Å². The summed E-state index contributed by atoms with van der Waals surface area (Å²) in [5.74, 6) is 0.551. The standard InChI is InChI=1S/C26H24N4O3/c1-16-6-3-4-7-20(16)17-10-12-18(13-11-17)26(32)30-15-19(29-33-2)14-22(30)25-27-21-8-5-9-23(31)24(21)28-25/h3-13,15,22,29,31H,14H2,1-2H3,(H,27,28). The number of fused-ring (bicyclic) bond motifs is 1. The van der Waals surface area contributed by atoms with Crippen molar-refractivity contribution in [1.82, 2.24) is 20.3 Å². The third kappa shape index (κ3) is 3.83. The fourth-order valence-electron chi connectivity index (χ4n) is 4.28. The van der Waals surface area contributed by atoms with Crippen LogP contribution in [0.25, 0.3) is 22.2 Å². The molecule has 1 unspecified atom stereocenters. The Morgan fingerprint density at radius 3 is 2.64 bits per heavy atom. The number of phenolic OH excluding ortho intramolecular Hbond substituents is 1. The van der Waals surface area contributed by atoms with Gasteiger partial charge in [0, 0.05) is 18.2 Å². The molecule has 2 heterocycles. The van der Waals surface area contributed by atoms with Crippen LogP contribution in [0.3, 0.4) is 0 Å². The van der Waals surface area contributed by atoms with Crippen molar-refractivity contribution >= 4 is 16.9 Å². The predicted molar refractivity (Wildman–Crippen MR) is 126 cm³/mol. The van der Waals surface area contributed by atoms with Gasteiger partial charge in [-0.3, -0.25) is 15.1 Å². The molecule has 1 aliphatic heterocycles. The number of imidazole rings is 1. The van der Waals surface area contributed by atoms with Crippen LogP contribution in [0.2, 0.25) is 0 Å². The van der Waals surface area contributed by atoms with E-state index in [1.165, 1.54) is 12.7 Å². The van der Waals surface area contributed by atoms with Gasteiger partial charge in [0.05, 0.1) is 18.3 Å². The maximum atomic E-state index is 13.5. The number of nitrogens with one attached hydrogen (secondary N) is 2. The summed E-state index contributed by atoms with van der Waals surface area (Å²) in [5.41, 5.74) is 8.76. The number of para-hydroxylation sites is 1. The summed E-state index contributed by atoms with van der Waals surface area (Å²) < 4.78 is 0. The highest BCUT2D eigenvalue weighted by Crippen LogP contribution is 2.35. The largest absolute Gasteiger partial charge is 0.506 e. The molecule has 33 heavy (non-hydrogen) atoms. The molecule has 4 aromatic rings. The van der Waals surface area contributed by atoms with Crippen molar-refractivity contribution in [2.45, 2.75) is 19.4 Å². The van der Waals surface area contributed by atoms with Crippen LogP contribution in [0, 0.1) is 6.92 Å². The second-order valence-corrected chi connectivity index (χ2v) is 8.08. The highest BCUT2D eigenvalue weighted by molar-refractivity contribution is 5.96. The van der Waals surface area contributed by atoms with Crippen LogP contribution < -0.4 is 5.48 Å². The van der Waals surface area contributed by atoms with Crippen molar-refractivity contribution < 1.29 is 14.7 Å². The van der Waals surface area contributed by atoms with Crippen LogP contribution in [-0.4, -0.2) is 33.0 Å². The molecule has 5 rings (SSSR count). The van der Waals surface area contributed by atoms with Crippen LogP contribution >= 0.6 is 0 Å². The zero-order valence-electron chi connectivity index (χ0n) is 18.4. The van der Waals surface area contributed by atoms with Crippen LogP contribution in [-0.2, 0) is 4.84 Å². The van der Waals surface area contributed by atoms with E-state index in [1.54, 1.807) is 23.2 Å². The second-order valence-electron chi connectivity index (χ2n) is 8.08. The van der Waals surface area contributed by atoms with E-state index in [2.05, 4.69) is 34.5 Å².